The minimum absolute atomic E-state index is 2.37. The first-order valence-corrected chi connectivity index (χ1v) is 1.92. The van der Waals surface area contributed by atoms with Gasteiger partial charge in [-0.25, -0.2) is 10.1 Å². The van der Waals surface area contributed by atoms with E-state index in [2.05, 4.69) is 5.50 Å². The predicted molar refractivity (Wildman–Crippen MR) is 14.0 cm³/mol. The van der Waals surface area contributed by atoms with E-state index in [1.54, 1.807) is 0 Å². The van der Waals surface area contributed by atoms with Gasteiger partial charge >= 0.3 is 0 Å². The van der Waals surface area contributed by atoms with Gasteiger partial charge in [-0.05, 0) is 0 Å². The van der Waals surface area contributed by atoms with Crippen LogP contribution in [0.15, 0.2) is 0 Å². The molecule has 1 atom stereocenters. The molecule has 0 spiro atoms. The molecule has 0 aromatic heterocycles. The van der Waals surface area contributed by atoms with E-state index in [4.69, 9.17) is 9.46 Å². The highest BCUT2D eigenvalue weighted by Crippen LogP contribution is 1.91. The van der Waals surface area contributed by atoms with Crippen molar-refractivity contribution in [2.45, 2.75) is 0 Å². The van der Waals surface area contributed by atoms with Gasteiger partial charge in [-0.1, -0.05) is 0 Å². The number of hydrogen-bond donors (Lipinski definition) is 2. The molecule has 3 N–H and O–H groups in total. The predicted octanol–water partition coefficient (Wildman–Crippen LogP) is -0.405. The maximum absolute atomic E-state index is 8.93. The average Bonchev–Trinajstić information content (AvgIpc) is 0.811. The Morgan fingerprint density at radius 3 is 2.00 bits per heavy atom. The number of nitrogens with two attached hydrogens (primary N) is 1. The van der Waals surface area contributed by atoms with Gasteiger partial charge in [-0.3, -0.25) is 0 Å². The van der Waals surface area contributed by atoms with Crippen molar-refractivity contribution in [2.75, 3.05) is 0 Å². The summed E-state index contributed by atoms with van der Waals surface area (Å²) in [6.07, 6.45) is 0. The largest absolute Gasteiger partial charge is 0.308 e. The van der Waals surface area contributed by atoms with Crippen LogP contribution in [0.4, 0.5) is 0 Å². The fourth-order valence-electron chi connectivity index (χ4n) is 0. The fraction of sp³-hybridized carbons (Fsp3) is 0. The lowest BCUT2D eigenvalue weighted by atomic mass is 13.9. The Morgan fingerprint density at radius 2 is 2.00 bits per heavy atom. The lowest BCUT2D eigenvalue weighted by molar-refractivity contribution is 0.504. The molecule has 25 valence electrons. The van der Waals surface area contributed by atoms with Crippen molar-refractivity contribution in [3.8, 4) is 0 Å². The zero-order valence-corrected chi connectivity index (χ0v) is 2.77. The molecule has 0 amide bonds. The molecule has 0 aromatic carbocycles. The quantitative estimate of drug-likeness (QED) is 0.389. The molecule has 0 saturated carbocycles. The SMILES string of the molecule is N[P](=O)O. The van der Waals surface area contributed by atoms with E-state index in [0.29, 0.717) is 0 Å². The Morgan fingerprint density at radius 1 is 2.00 bits per heavy atom. The third-order valence-electron chi connectivity index (χ3n) is 0. The van der Waals surface area contributed by atoms with E-state index in [9.17, 15) is 0 Å². The molecular weight excluding hydrogens is 77.0 g/mol. The summed E-state index contributed by atoms with van der Waals surface area (Å²) in [4.78, 5) is 7.34. The molecule has 0 saturated heterocycles. The maximum Gasteiger partial charge on any atom is 0.289 e. The van der Waals surface area contributed by atoms with Crippen LogP contribution in [-0.4, -0.2) is 4.89 Å². The van der Waals surface area contributed by atoms with Crippen LogP contribution in [0.1, 0.15) is 0 Å². The van der Waals surface area contributed by atoms with Crippen LogP contribution in [0.2, 0.25) is 0 Å². The fourth-order valence-corrected chi connectivity index (χ4v) is 0. The van der Waals surface area contributed by atoms with Crippen LogP contribution in [0.25, 0.3) is 0 Å². The van der Waals surface area contributed by atoms with Crippen LogP contribution in [0.5, 0.6) is 0 Å². The van der Waals surface area contributed by atoms with Gasteiger partial charge in [0.1, 0.15) is 0 Å². The van der Waals surface area contributed by atoms with Crippen LogP contribution < -0.4 is 5.50 Å². The molecule has 0 rings (SSSR count). The van der Waals surface area contributed by atoms with Gasteiger partial charge in [-0.15, -0.1) is 0 Å². The summed E-state index contributed by atoms with van der Waals surface area (Å²) in [6, 6.07) is 0. The Hall–Kier alpha value is 0.0200. The normalized spacial score (nSPS) is 11.0. The second kappa shape index (κ2) is 1.35. The zero-order valence-electron chi connectivity index (χ0n) is 1.88. The third kappa shape index (κ3) is 5250. The van der Waals surface area contributed by atoms with E-state index >= 15 is 0 Å². The molecule has 4 heavy (non-hydrogen) atoms. The molecule has 1 unspecified atom stereocenters. The summed E-state index contributed by atoms with van der Waals surface area (Å²) in [5, 5.41) is 0. The molecule has 4 heteroatoms. The van der Waals surface area contributed by atoms with Crippen molar-refractivity contribution >= 4 is 8.18 Å². The highest BCUT2D eigenvalue weighted by Gasteiger charge is 1.62. The highest BCUT2D eigenvalue weighted by molar-refractivity contribution is 7.35. The summed E-state index contributed by atoms with van der Waals surface area (Å²) in [7, 11) is -2.37. The second-order valence-corrected chi connectivity index (χ2v) is 0.908. The Balaban J connectivity index is 2.80. The van der Waals surface area contributed by atoms with Crippen molar-refractivity contribution in [1.29, 1.82) is 0 Å². The molecule has 0 aromatic rings. The first-order chi connectivity index (χ1) is 1.73. The minimum Gasteiger partial charge on any atom is -0.308 e. The Bertz CT molecular complexity index is 29.0. The standard InChI is InChI=1S/H3NO2P/c1-4(2)3/h(H3,1,2,3). The summed E-state index contributed by atoms with van der Waals surface area (Å²) in [6.45, 7) is 0. The number of rotatable bonds is 0. The van der Waals surface area contributed by atoms with Gasteiger partial charge in [0, 0.05) is 0 Å². The lowest BCUT2D eigenvalue weighted by Crippen LogP contribution is -1.68. The van der Waals surface area contributed by atoms with Gasteiger partial charge < -0.3 is 4.89 Å². The molecule has 1 radical (unpaired) electrons. The van der Waals surface area contributed by atoms with Gasteiger partial charge in [0.2, 0.25) is 0 Å². The van der Waals surface area contributed by atoms with Crippen molar-refractivity contribution in [1.82, 2.24) is 0 Å². The van der Waals surface area contributed by atoms with E-state index in [0.717, 1.165) is 0 Å². The minimum atomic E-state index is -2.37. The molecule has 0 fully saturated rings. The third-order valence-corrected chi connectivity index (χ3v) is 0. The summed E-state index contributed by atoms with van der Waals surface area (Å²) < 4.78 is 8.93. The maximum atomic E-state index is 8.93. The summed E-state index contributed by atoms with van der Waals surface area (Å²) in [5.41, 5.74) is 4.18. The molecule has 0 heterocycles. The van der Waals surface area contributed by atoms with E-state index in [1.165, 1.54) is 0 Å². The zero-order chi connectivity index (χ0) is 3.58. The highest BCUT2D eigenvalue weighted by atomic mass is 31.1. The van der Waals surface area contributed by atoms with E-state index in [1.807, 2.05) is 0 Å². The smallest absolute Gasteiger partial charge is 0.289 e. The average molecular weight is 80.0 g/mol. The van der Waals surface area contributed by atoms with Gasteiger partial charge in [0.25, 0.3) is 8.18 Å². The van der Waals surface area contributed by atoms with Gasteiger partial charge in [-0.2, -0.15) is 0 Å². The molecule has 0 aliphatic heterocycles. The van der Waals surface area contributed by atoms with Gasteiger partial charge in [0.05, 0.1) is 0 Å². The van der Waals surface area contributed by atoms with Crippen LogP contribution >= 0.6 is 8.18 Å². The summed E-state index contributed by atoms with van der Waals surface area (Å²) in [5.74, 6) is 0. The Labute approximate surface area is 24.4 Å². The lowest BCUT2D eigenvalue weighted by Gasteiger charge is -1.59. The van der Waals surface area contributed by atoms with Crippen molar-refractivity contribution in [2.24, 2.45) is 5.50 Å². The first-order valence-electron chi connectivity index (χ1n) is 0.641. The topological polar surface area (TPSA) is 63.3 Å². The molecule has 0 bridgehead atoms. The van der Waals surface area contributed by atoms with Crippen LogP contribution in [0.3, 0.4) is 0 Å². The van der Waals surface area contributed by atoms with Crippen molar-refractivity contribution < 1.29 is 9.46 Å². The Kier molecular flexibility index (Phi) is 1.36. The molecular formula is H3NO2P. The van der Waals surface area contributed by atoms with Gasteiger partial charge in [0.15, 0.2) is 0 Å². The van der Waals surface area contributed by atoms with Crippen molar-refractivity contribution in [3.63, 3.8) is 0 Å². The van der Waals surface area contributed by atoms with Crippen LogP contribution in [0, 0.1) is 0 Å². The molecule has 0 aliphatic rings. The second-order valence-electron chi connectivity index (χ2n) is 0.303. The van der Waals surface area contributed by atoms with Crippen molar-refractivity contribution in [3.05, 3.63) is 0 Å². The van der Waals surface area contributed by atoms with Crippen LogP contribution in [-0.2, 0) is 4.57 Å². The molecule has 0 aliphatic carbocycles. The van der Waals surface area contributed by atoms with E-state index in [-0.39, 0.29) is 0 Å². The monoisotopic (exact) mass is 80.0 g/mol. The van der Waals surface area contributed by atoms with E-state index < -0.39 is 8.18 Å². The number of hydrogen-bond acceptors (Lipinski definition) is 1. The molecule has 3 nitrogen and oxygen atoms in total. The summed E-state index contributed by atoms with van der Waals surface area (Å²) >= 11 is 0. The first kappa shape index (κ1) is 4.02.